The molecule has 0 N–H and O–H groups in total. The van der Waals surface area contributed by atoms with Crippen molar-refractivity contribution in [3.63, 3.8) is 0 Å². The summed E-state index contributed by atoms with van der Waals surface area (Å²) in [5.41, 5.74) is 8.56. The highest BCUT2D eigenvalue weighted by atomic mass is 16.5. The Hall–Kier alpha value is -2.65. The molecule has 3 heteroatoms. The highest BCUT2D eigenvalue weighted by Crippen LogP contribution is 2.34. The third-order valence-electron chi connectivity index (χ3n) is 5.99. The molecule has 0 bridgehead atoms. The largest absolute Gasteiger partial charge is 0.491 e. The Morgan fingerprint density at radius 2 is 1.53 bits per heavy atom. The van der Waals surface area contributed by atoms with Crippen LogP contribution in [0.25, 0.3) is 11.3 Å². The first-order valence-corrected chi connectivity index (χ1v) is 12.0. The van der Waals surface area contributed by atoms with Crippen molar-refractivity contribution in [2.24, 2.45) is 0 Å². The van der Waals surface area contributed by atoms with E-state index in [0.29, 0.717) is 0 Å². The number of nitrogens with zero attached hydrogens (tertiary/aromatic N) is 2. The molecular weight excluding hydrogens is 392 g/mol. The number of rotatable bonds is 10. The maximum Gasteiger partial charge on any atom is 0.128 e. The van der Waals surface area contributed by atoms with Gasteiger partial charge in [0.15, 0.2) is 0 Å². The summed E-state index contributed by atoms with van der Waals surface area (Å²) < 4.78 is 6.36. The standard InChI is InChI=1S/C29H38N2O/c1-7-24-16-13-17-25(8-2)29(24)27-18-28(32-21(4)5)26(22(6)30-27)20-31(9-3)19-23-14-11-10-12-15-23/h10-18,21H,7-9,19-20H2,1-6H3. The monoisotopic (exact) mass is 430 g/mol. The minimum Gasteiger partial charge on any atom is -0.491 e. The lowest BCUT2D eigenvalue weighted by Gasteiger charge is -2.25. The van der Waals surface area contributed by atoms with E-state index in [0.717, 1.165) is 49.6 Å². The molecule has 3 aromatic rings. The van der Waals surface area contributed by atoms with Gasteiger partial charge in [-0.3, -0.25) is 9.88 Å². The van der Waals surface area contributed by atoms with E-state index in [1.54, 1.807) is 0 Å². The van der Waals surface area contributed by atoms with Crippen LogP contribution < -0.4 is 4.74 Å². The Balaban J connectivity index is 2.03. The summed E-state index contributed by atoms with van der Waals surface area (Å²) in [6, 6.07) is 19.4. The van der Waals surface area contributed by atoms with Crippen LogP contribution >= 0.6 is 0 Å². The van der Waals surface area contributed by atoms with Gasteiger partial charge in [0.2, 0.25) is 0 Å². The van der Waals surface area contributed by atoms with Crippen molar-refractivity contribution in [2.75, 3.05) is 6.54 Å². The second-order valence-electron chi connectivity index (χ2n) is 8.68. The summed E-state index contributed by atoms with van der Waals surface area (Å²) in [6.07, 6.45) is 2.10. The smallest absolute Gasteiger partial charge is 0.128 e. The van der Waals surface area contributed by atoms with Gasteiger partial charge < -0.3 is 4.74 Å². The van der Waals surface area contributed by atoms with Gasteiger partial charge in [-0.1, -0.05) is 69.3 Å². The minimum absolute atomic E-state index is 0.111. The molecule has 0 amide bonds. The molecule has 170 valence electrons. The zero-order chi connectivity index (χ0) is 23.1. The second kappa shape index (κ2) is 11.3. The maximum absolute atomic E-state index is 6.36. The van der Waals surface area contributed by atoms with Gasteiger partial charge in [-0.05, 0) is 56.8 Å². The molecule has 1 heterocycles. The van der Waals surface area contributed by atoms with Gasteiger partial charge in [-0.2, -0.15) is 0 Å². The van der Waals surface area contributed by atoms with Gasteiger partial charge in [0.25, 0.3) is 0 Å². The number of aryl methyl sites for hydroxylation is 3. The third kappa shape index (κ3) is 5.77. The number of hydrogen-bond acceptors (Lipinski definition) is 3. The first-order valence-electron chi connectivity index (χ1n) is 12.0. The Morgan fingerprint density at radius 3 is 2.09 bits per heavy atom. The van der Waals surface area contributed by atoms with Crippen LogP contribution in [0.4, 0.5) is 0 Å². The molecule has 0 fully saturated rings. The van der Waals surface area contributed by atoms with Crippen LogP contribution in [0.2, 0.25) is 0 Å². The number of ether oxygens (including phenoxy) is 1. The summed E-state index contributed by atoms with van der Waals surface area (Å²) >= 11 is 0. The van der Waals surface area contributed by atoms with Crippen molar-refractivity contribution in [3.05, 3.63) is 82.5 Å². The second-order valence-corrected chi connectivity index (χ2v) is 8.68. The normalized spacial score (nSPS) is 11.4. The van der Waals surface area contributed by atoms with Crippen LogP contribution in [0.15, 0.2) is 54.6 Å². The Labute approximate surface area is 194 Å². The Kier molecular flexibility index (Phi) is 8.46. The quantitative estimate of drug-likeness (QED) is 0.346. The topological polar surface area (TPSA) is 25.4 Å². The van der Waals surface area contributed by atoms with Gasteiger partial charge in [-0.15, -0.1) is 0 Å². The van der Waals surface area contributed by atoms with Crippen molar-refractivity contribution >= 4 is 0 Å². The lowest BCUT2D eigenvalue weighted by atomic mass is 9.94. The predicted molar refractivity (Wildman–Crippen MR) is 135 cm³/mol. The molecule has 1 aromatic heterocycles. The first kappa shape index (κ1) is 24.0. The van der Waals surface area contributed by atoms with Crippen LogP contribution in [0.5, 0.6) is 5.75 Å². The summed E-state index contributed by atoms with van der Waals surface area (Å²) in [5.74, 6) is 0.960. The average molecular weight is 431 g/mol. The molecular formula is C29H38N2O. The number of benzene rings is 2. The van der Waals surface area contributed by atoms with Crippen LogP contribution in [0.3, 0.4) is 0 Å². The first-order chi connectivity index (χ1) is 15.5. The molecule has 0 spiro atoms. The van der Waals surface area contributed by atoms with E-state index >= 15 is 0 Å². The van der Waals surface area contributed by atoms with Crippen molar-refractivity contribution in [2.45, 2.75) is 73.6 Å². The summed E-state index contributed by atoms with van der Waals surface area (Å²) in [5, 5.41) is 0. The molecule has 3 rings (SSSR count). The van der Waals surface area contributed by atoms with E-state index in [1.807, 2.05) is 0 Å². The van der Waals surface area contributed by atoms with Crippen molar-refractivity contribution < 1.29 is 4.74 Å². The lowest BCUT2D eigenvalue weighted by Crippen LogP contribution is -2.24. The molecule has 2 aromatic carbocycles. The zero-order valence-electron chi connectivity index (χ0n) is 20.6. The van der Waals surface area contributed by atoms with E-state index in [4.69, 9.17) is 9.72 Å². The van der Waals surface area contributed by atoms with Gasteiger partial charge in [-0.25, -0.2) is 0 Å². The van der Waals surface area contributed by atoms with E-state index in [9.17, 15) is 0 Å². The molecule has 32 heavy (non-hydrogen) atoms. The summed E-state index contributed by atoms with van der Waals surface area (Å²) in [6.45, 7) is 15.7. The van der Waals surface area contributed by atoms with E-state index < -0.39 is 0 Å². The van der Waals surface area contributed by atoms with Crippen molar-refractivity contribution in [1.29, 1.82) is 0 Å². The molecule has 0 aliphatic carbocycles. The van der Waals surface area contributed by atoms with Gasteiger partial charge in [0.1, 0.15) is 5.75 Å². The molecule has 0 radical (unpaired) electrons. The average Bonchev–Trinajstić information content (AvgIpc) is 2.80. The Morgan fingerprint density at radius 1 is 0.875 bits per heavy atom. The number of pyridine rings is 1. The maximum atomic E-state index is 6.36. The predicted octanol–water partition coefficient (Wildman–Crippen LogP) is 6.99. The number of hydrogen-bond donors (Lipinski definition) is 0. The van der Waals surface area contributed by atoms with E-state index in [-0.39, 0.29) is 6.10 Å². The van der Waals surface area contributed by atoms with Gasteiger partial charge in [0, 0.05) is 36.0 Å². The van der Waals surface area contributed by atoms with Crippen LogP contribution in [-0.2, 0) is 25.9 Å². The molecule has 0 atom stereocenters. The third-order valence-corrected chi connectivity index (χ3v) is 5.99. The molecule has 0 unspecified atom stereocenters. The van der Waals surface area contributed by atoms with Crippen LogP contribution in [0.1, 0.15) is 62.6 Å². The van der Waals surface area contributed by atoms with Crippen LogP contribution in [-0.4, -0.2) is 22.5 Å². The van der Waals surface area contributed by atoms with Crippen molar-refractivity contribution in [1.82, 2.24) is 9.88 Å². The zero-order valence-corrected chi connectivity index (χ0v) is 20.6. The fourth-order valence-corrected chi connectivity index (χ4v) is 4.27. The summed E-state index contributed by atoms with van der Waals surface area (Å²) in [4.78, 5) is 7.56. The Bertz CT molecular complexity index is 989. The van der Waals surface area contributed by atoms with E-state index in [1.165, 1.54) is 27.8 Å². The fraction of sp³-hybridized carbons (Fsp3) is 0.414. The SMILES string of the molecule is CCc1cccc(CC)c1-c1cc(OC(C)C)c(CN(CC)Cc2ccccc2)c(C)n1. The molecule has 0 aliphatic rings. The molecule has 0 saturated carbocycles. The fourth-order valence-electron chi connectivity index (χ4n) is 4.27. The van der Waals surface area contributed by atoms with Crippen molar-refractivity contribution in [3.8, 4) is 17.0 Å². The van der Waals surface area contributed by atoms with Crippen LogP contribution in [0, 0.1) is 6.92 Å². The molecule has 3 nitrogen and oxygen atoms in total. The number of aromatic nitrogens is 1. The highest BCUT2D eigenvalue weighted by molar-refractivity contribution is 5.70. The molecule has 0 saturated heterocycles. The highest BCUT2D eigenvalue weighted by Gasteiger charge is 2.19. The lowest BCUT2D eigenvalue weighted by molar-refractivity contribution is 0.226. The van der Waals surface area contributed by atoms with Gasteiger partial charge in [0.05, 0.1) is 11.8 Å². The molecule has 0 aliphatic heterocycles. The summed E-state index contributed by atoms with van der Waals surface area (Å²) in [7, 11) is 0. The van der Waals surface area contributed by atoms with Gasteiger partial charge >= 0.3 is 0 Å². The van der Waals surface area contributed by atoms with E-state index in [2.05, 4.69) is 101 Å². The minimum atomic E-state index is 0.111.